The quantitative estimate of drug-likeness (QED) is 0.221. The van der Waals surface area contributed by atoms with Crippen LogP contribution in [-0.4, -0.2) is 90.4 Å². The molecule has 0 aromatic rings. The van der Waals surface area contributed by atoms with Crippen LogP contribution in [0.15, 0.2) is 0 Å². The molecule has 0 saturated carbocycles. The van der Waals surface area contributed by atoms with Crippen molar-refractivity contribution in [3.05, 3.63) is 0 Å². The van der Waals surface area contributed by atoms with Crippen LogP contribution in [0.4, 0.5) is 0 Å². The van der Waals surface area contributed by atoms with Crippen molar-refractivity contribution in [2.45, 2.75) is 83.1 Å². The second kappa shape index (κ2) is 13.8. The zero-order valence-corrected chi connectivity index (χ0v) is 30.4. The monoisotopic (exact) mass is 742 g/mol. The van der Waals surface area contributed by atoms with E-state index in [4.69, 9.17) is 15.1 Å². The molecule has 0 spiro atoms. The van der Waals surface area contributed by atoms with Crippen LogP contribution < -0.4 is 0 Å². The summed E-state index contributed by atoms with van der Waals surface area (Å²) < 4.78 is 36.8. The van der Waals surface area contributed by atoms with E-state index < -0.39 is 64.0 Å². The number of rotatable bonds is 12. The topological polar surface area (TPSA) is 55.4 Å². The summed E-state index contributed by atoms with van der Waals surface area (Å²) in [6.45, 7) is 28.4. The Bertz CT molecular complexity index is 417. The van der Waals surface area contributed by atoms with Crippen LogP contribution in [0.1, 0.15) is 83.1 Å². The van der Waals surface area contributed by atoms with Crippen LogP contribution in [-0.2, 0) is 15.1 Å². The minimum atomic E-state index is -3.16. The fourth-order valence-corrected chi connectivity index (χ4v) is 31.0. The Hall–Kier alpha value is 2.16. The molecule has 0 N–H and O–H groups in total. The molecule has 2 radical (unpaired) electrons. The van der Waals surface area contributed by atoms with Crippen molar-refractivity contribution < 1.29 is 15.1 Å². The molecule has 0 amide bonds. The molecule has 9 heteroatoms. The summed E-state index contributed by atoms with van der Waals surface area (Å²) in [4.78, 5) is 0. The summed E-state index contributed by atoms with van der Waals surface area (Å²) in [6, 6.07) is 0. The van der Waals surface area contributed by atoms with Gasteiger partial charge in [0.2, 0.25) is 0 Å². The van der Waals surface area contributed by atoms with Crippen molar-refractivity contribution in [3.8, 4) is 0 Å². The second-order valence-electron chi connectivity index (χ2n) is 12.4. The first-order chi connectivity index (χ1) is 12.9. The third-order valence-corrected chi connectivity index (χ3v) is 23.5. The van der Waals surface area contributed by atoms with Gasteiger partial charge in [-0.2, -0.15) is 0 Å². The molecule has 0 heterocycles. The van der Waals surface area contributed by atoms with Gasteiger partial charge in [0.25, 0.3) is 0 Å². The fraction of sp³-hybridized carbons (Fsp3) is 1.00. The van der Waals surface area contributed by atoms with Crippen LogP contribution in [0, 0.1) is 21.7 Å². The minimum absolute atomic E-state index is 0.0583. The van der Waals surface area contributed by atoms with E-state index in [1.54, 1.807) is 0 Å². The molecule has 6 nitrogen and oxygen atoms in total. The van der Waals surface area contributed by atoms with Gasteiger partial charge in [0.15, 0.2) is 0 Å². The van der Waals surface area contributed by atoms with E-state index in [0.29, 0.717) is 26.4 Å². The molecule has 1 atom stereocenters. The van der Waals surface area contributed by atoms with Crippen molar-refractivity contribution in [3.63, 3.8) is 0 Å². The molecule has 0 aromatic heterocycles. The number of hydrogen-bond donors (Lipinski definition) is 0. The standard InChI is InChI=1S/4C5H11O.2O.3Sn.2H/c4*1-5(2,3)4-6;;;;;;;/h4*4H2,1-3H3;;;;;;;/q4*-1;;;2*+1;+2;;. The summed E-state index contributed by atoms with van der Waals surface area (Å²) in [5.41, 5.74) is 0.321. The van der Waals surface area contributed by atoms with E-state index in [9.17, 15) is 0 Å². The van der Waals surface area contributed by atoms with Crippen LogP contribution in [0.2, 0.25) is 0 Å². The van der Waals surface area contributed by atoms with E-state index >= 15 is 0 Å². The second-order valence-corrected chi connectivity index (χ2v) is 31.0. The van der Waals surface area contributed by atoms with Gasteiger partial charge in [0.1, 0.15) is 0 Å². The zero-order valence-electron chi connectivity index (χ0n) is 20.9. The van der Waals surface area contributed by atoms with E-state index in [1.807, 2.05) is 0 Å². The molecule has 0 aliphatic carbocycles. The summed E-state index contributed by atoms with van der Waals surface area (Å²) in [5, 5.41) is 0. The van der Waals surface area contributed by atoms with Crippen molar-refractivity contribution in [1.29, 1.82) is 0 Å². The van der Waals surface area contributed by atoms with Gasteiger partial charge in [-0.05, 0) is 0 Å². The molecular weight excluding hydrogens is 692 g/mol. The summed E-state index contributed by atoms with van der Waals surface area (Å²) in [6.07, 6.45) is 0. The van der Waals surface area contributed by atoms with Gasteiger partial charge in [0.05, 0.1) is 0 Å². The van der Waals surface area contributed by atoms with Crippen molar-refractivity contribution in [1.82, 2.24) is 0 Å². The third-order valence-electron chi connectivity index (χ3n) is 2.89. The molecular formula is C20H46O6Sn3. The van der Waals surface area contributed by atoms with Gasteiger partial charge in [-0.3, -0.25) is 0 Å². The zero-order chi connectivity index (χ0) is 22.9. The first-order valence-corrected chi connectivity index (χ1v) is 20.8. The van der Waals surface area contributed by atoms with Crippen LogP contribution in [0.5, 0.6) is 0 Å². The Morgan fingerprint density at radius 2 is 0.862 bits per heavy atom. The first-order valence-electron chi connectivity index (χ1n) is 10.4. The van der Waals surface area contributed by atoms with Crippen molar-refractivity contribution in [2.24, 2.45) is 21.7 Å². The van der Waals surface area contributed by atoms with E-state index in [1.165, 1.54) is 0 Å². The Labute approximate surface area is 208 Å². The molecule has 0 aliphatic rings. The van der Waals surface area contributed by atoms with Gasteiger partial charge in [-0.15, -0.1) is 0 Å². The Kier molecular flexibility index (Phi) is 14.8. The Balaban J connectivity index is 4.95. The predicted molar refractivity (Wildman–Crippen MR) is 124 cm³/mol. The number of hydrogen-bond acceptors (Lipinski definition) is 6. The third kappa shape index (κ3) is 23.1. The van der Waals surface area contributed by atoms with Gasteiger partial charge in [-0.1, -0.05) is 0 Å². The normalized spacial score (nSPS) is 15.2. The van der Waals surface area contributed by atoms with Gasteiger partial charge < -0.3 is 0 Å². The van der Waals surface area contributed by atoms with Gasteiger partial charge in [0, 0.05) is 0 Å². The van der Waals surface area contributed by atoms with E-state index in [0.717, 1.165) is 0 Å². The van der Waals surface area contributed by atoms with Crippen LogP contribution >= 0.6 is 0 Å². The Morgan fingerprint density at radius 1 is 0.517 bits per heavy atom. The first kappa shape index (κ1) is 31.2. The summed E-state index contributed by atoms with van der Waals surface area (Å²) >= 11 is -7.76. The van der Waals surface area contributed by atoms with E-state index in [2.05, 4.69) is 83.1 Å². The molecule has 0 aromatic carbocycles. The van der Waals surface area contributed by atoms with Crippen LogP contribution in [0.3, 0.4) is 0 Å². The average Bonchev–Trinajstić information content (AvgIpc) is 2.47. The molecule has 0 bridgehead atoms. The van der Waals surface area contributed by atoms with E-state index in [-0.39, 0.29) is 21.7 Å². The Morgan fingerprint density at radius 3 is 1.21 bits per heavy atom. The predicted octanol–water partition coefficient (Wildman–Crippen LogP) is 4.24. The van der Waals surface area contributed by atoms with Gasteiger partial charge >= 0.3 is 210 Å². The average molecular weight is 739 g/mol. The molecule has 0 rings (SSSR count). The maximum absolute atomic E-state index is 6.36. The molecule has 0 aliphatic heterocycles. The summed E-state index contributed by atoms with van der Waals surface area (Å²) in [7, 11) is 0. The van der Waals surface area contributed by atoms with Crippen molar-refractivity contribution >= 4 is 64.0 Å². The molecule has 29 heavy (non-hydrogen) atoms. The van der Waals surface area contributed by atoms with Crippen LogP contribution in [0.25, 0.3) is 0 Å². The SMILES string of the molecule is CC(C)(C)C[O][Sn][O][SnH]([O]CC(C)(C)C)[O][SnH]([O]CC(C)(C)C)[O]CC(C)(C)C. The molecule has 174 valence electrons. The maximum atomic E-state index is 6.36. The summed E-state index contributed by atoms with van der Waals surface area (Å²) in [5.74, 6) is 0. The molecule has 0 saturated heterocycles. The van der Waals surface area contributed by atoms with Crippen molar-refractivity contribution in [2.75, 3.05) is 26.4 Å². The molecule has 1 unspecified atom stereocenters. The van der Waals surface area contributed by atoms with Gasteiger partial charge in [-0.25, -0.2) is 0 Å². The fourth-order valence-electron chi connectivity index (χ4n) is 1.59. The molecule has 0 fully saturated rings.